The molecule has 15 heavy (non-hydrogen) atoms. The summed E-state index contributed by atoms with van der Waals surface area (Å²) in [6, 6.07) is 7.50. The molecule has 0 heterocycles. The fourth-order valence-corrected chi connectivity index (χ4v) is 1.50. The van der Waals surface area contributed by atoms with E-state index < -0.39 is 0 Å². The van der Waals surface area contributed by atoms with Gasteiger partial charge in [0, 0.05) is 5.02 Å². The highest BCUT2D eigenvalue weighted by molar-refractivity contribution is 6.30. The lowest BCUT2D eigenvalue weighted by molar-refractivity contribution is -0.109. The zero-order chi connectivity index (χ0) is 11.1. The molecule has 1 aromatic rings. The van der Waals surface area contributed by atoms with Crippen LogP contribution in [0.25, 0.3) is 0 Å². The highest BCUT2D eigenvalue weighted by atomic mass is 35.5. The average molecular weight is 226 g/mol. The van der Waals surface area contributed by atoms with Crippen LogP contribution in [0.3, 0.4) is 0 Å². The molecule has 0 amide bonds. The summed E-state index contributed by atoms with van der Waals surface area (Å²) >= 11 is 5.78. The maximum Gasteiger partial charge on any atom is 0.137 e. The predicted octanol–water partition coefficient (Wildman–Crippen LogP) is 2.45. The number of carbonyl (C=O) groups is 1. The molecule has 0 fully saturated rings. The average Bonchev–Trinajstić information content (AvgIpc) is 2.27. The second-order valence-corrected chi connectivity index (χ2v) is 3.96. The highest BCUT2D eigenvalue weighted by Crippen LogP contribution is 2.10. The molecule has 1 unspecified atom stereocenters. The van der Waals surface area contributed by atoms with Crippen LogP contribution in [0.15, 0.2) is 24.3 Å². The summed E-state index contributed by atoms with van der Waals surface area (Å²) in [6.45, 7) is 2.95. The van der Waals surface area contributed by atoms with E-state index in [4.69, 9.17) is 11.6 Å². The second-order valence-electron chi connectivity index (χ2n) is 3.53. The van der Waals surface area contributed by atoms with Crippen molar-refractivity contribution in [3.05, 3.63) is 34.9 Å². The fourth-order valence-electron chi connectivity index (χ4n) is 1.37. The summed E-state index contributed by atoms with van der Waals surface area (Å²) in [5, 5.41) is 3.91. The van der Waals surface area contributed by atoms with Gasteiger partial charge >= 0.3 is 0 Å². The lowest BCUT2D eigenvalue weighted by Crippen LogP contribution is -2.33. The van der Waals surface area contributed by atoms with E-state index in [1.54, 1.807) is 0 Å². The highest BCUT2D eigenvalue weighted by Gasteiger charge is 2.06. The van der Waals surface area contributed by atoms with Crippen molar-refractivity contribution in [2.45, 2.75) is 25.8 Å². The number of carbonyl (C=O) groups excluding carboxylic acids is 1. The lowest BCUT2D eigenvalue weighted by Gasteiger charge is -2.11. The van der Waals surface area contributed by atoms with E-state index in [1.807, 2.05) is 24.3 Å². The Hall–Kier alpha value is -0.860. The smallest absolute Gasteiger partial charge is 0.137 e. The van der Waals surface area contributed by atoms with Gasteiger partial charge in [0.15, 0.2) is 0 Å². The number of hydrogen-bond donors (Lipinski definition) is 1. The Balaban J connectivity index is 2.50. The van der Waals surface area contributed by atoms with E-state index in [1.165, 1.54) is 0 Å². The van der Waals surface area contributed by atoms with E-state index in [2.05, 4.69) is 12.2 Å². The molecule has 0 aliphatic heterocycles. The van der Waals surface area contributed by atoms with Crippen molar-refractivity contribution in [2.75, 3.05) is 6.54 Å². The molecule has 1 N–H and O–H groups in total. The van der Waals surface area contributed by atoms with Gasteiger partial charge in [-0.1, -0.05) is 30.7 Å². The van der Waals surface area contributed by atoms with Crippen LogP contribution in [-0.4, -0.2) is 18.9 Å². The van der Waals surface area contributed by atoms with Crippen LogP contribution in [0.5, 0.6) is 0 Å². The molecule has 82 valence electrons. The van der Waals surface area contributed by atoms with Crippen LogP contribution in [-0.2, 0) is 11.2 Å². The molecule has 2 nitrogen and oxygen atoms in total. The first-order valence-corrected chi connectivity index (χ1v) is 5.57. The van der Waals surface area contributed by atoms with Crippen LogP contribution >= 0.6 is 11.6 Å². The maximum atomic E-state index is 10.8. The summed E-state index contributed by atoms with van der Waals surface area (Å²) in [5.74, 6) is 0. The van der Waals surface area contributed by atoms with Gasteiger partial charge in [0.05, 0.1) is 6.04 Å². The summed E-state index contributed by atoms with van der Waals surface area (Å²) in [6.07, 6.45) is 2.72. The van der Waals surface area contributed by atoms with Crippen molar-refractivity contribution in [3.8, 4) is 0 Å². The molecular weight excluding hydrogens is 210 g/mol. The van der Waals surface area contributed by atoms with Gasteiger partial charge in [-0.25, -0.2) is 0 Å². The standard InChI is InChI=1S/C12H16ClNO/c1-2-7-14-12(9-15)8-10-3-5-11(13)6-4-10/h3-6,9,12,14H,2,7-8H2,1H3. The fraction of sp³-hybridized carbons (Fsp3) is 0.417. The van der Waals surface area contributed by atoms with Gasteiger partial charge in [0.1, 0.15) is 6.29 Å². The first kappa shape index (κ1) is 12.2. The Bertz CT molecular complexity index is 297. The van der Waals surface area contributed by atoms with Crippen molar-refractivity contribution in [3.63, 3.8) is 0 Å². The van der Waals surface area contributed by atoms with E-state index >= 15 is 0 Å². The van der Waals surface area contributed by atoms with Crippen LogP contribution in [0.4, 0.5) is 0 Å². The molecule has 0 bridgehead atoms. The largest absolute Gasteiger partial charge is 0.307 e. The number of aldehydes is 1. The summed E-state index contributed by atoms with van der Waals surface area (Å²) in [4.78, 5) is 10.8. The normalized spacial score (nSPS) is 12.4. The number of halogens is 1. The molecule has 3 heteroatoms. The van der Waals surface area contributed by atoms with Crippen molar-refractivity contribution < 1.29 is 4.79 Å². The Morgan fingerprint density at radius 2 is 2.07 bits per heavy atom. The monoisotopic (exact) mass is 225 g/mol. The first-order chi connectivity index (χ1) is 7.26. The summed E-state index contributed by atoms with van der Waals surface area (Å²) in [7, 11) is 0. The third-order valence-corrected chi connectivity index (χ3v) is 2.44. The lowest BCUT2D eigenvalue weighted by atomic mass is 10.1. The van der Waals surface area contributed by atoms with Gasteiger partial charge in [-0.05, 0) is 37.1 Å². The van der Waals surface area contributed by atoms with Crippen molar-refractivity contribution in [1.82, 2.24) is 5.32 Å². The van der Waals surface area contributed by atoms with Gasteiger partial charge in [-0.15, -0.1) is 0 Å². The Kier molecular flexibility index (Phi) is 5.37. The third-order valence-electron chi connectivity index (χ3n) is 2.19. The zero-order valence-electron chi connectivity index (χ0n) is 8.87. The van der Waals surface area contributed by atoms with E-state index in [0.29, 0.717) is 0 Å². The number of benzene rings is 1. The minimum atomic E-state index is -0.0916. The van der Waals surface area contributed by atoms with Crippen LogP contribution in [0.2, 0.25) is 5.02 Å². The quantitative estimate of drug-likeness (QED) is 0.754. The SMILES string of the molecule is CCCNC(C=O)Cc1ccc(Cl)cc1. The Morgan fingerprint density at radius 3 is 2.60 bits per heavy atom. The Labute approximate surface area is 95.6 Å². The van der Waals surface area contributed by atoms with E-state index in [9.17, 15) is 4.79 Å². The minimum absolute atomic E-state index is 0.0916. The van der Waals surface area contributed by atoms with Gasteiger partial charge in [0.25, 0.3) is 0 Å². The first-order valence-electron chi connectivity index (χ1n) is 5.19. The van der Waals surface area contributed by atoms with Crippen molar-refractivity contribution >= 4 is 17.9 Å². The molecule has 0 radical (unpaired) electrons. The zero-order valence-corrected chi connectivity index (χ0v) is 9.63. The molecule has 1 rings (SSSR count). The molecular formula is C12H16ClNO. The van der Waals surface area contributed by atoms with Crippen molar-refractivity contribution in [1.29, 1.82) is 0 Å². The van der Waals surface area contributed by atoms with Crippen LogP contribution in [0, 0.1) is 0 Å². The second kappa shape index (κ2) is 6.59. The predicted molar refractivity (Wildman–Crippen MR) is 63.3 cm³/mol. The van der Waals surface area contributed by atoms with Gasteiger partial charge in [-0.3, -0.25) is 0 Å². The topological polar surface area (TPSA) is 29.1 Å². The molecule has 0 aromatic heterocycles. The molecule has 0 aliphatic rings. The molecule has 0 aliphatic carbocycles. The van der Waals surface area contributed by atoms with E-state index in [-0.39, 0.29) is 6.04 Å². The molecule has 0 spiro atoms. The summed E-state index contributed by atoms with van der Waals surface area (Å²) < 4.78 is 0. The van der Waals surface area contributed by atoms with Crippen molar-refractivity contribution in [2.24, 2.45) is 0 Å². The number of hydrogen-bond acceptors (Lipinski definition) is 2. The minimum Gasteiger partial charge on any atom is -0.307 e. The van der Waals surface area contributed by atoms with Gasteiger partial charge in [0.2, 0.25) is 0 Å². The van der Waals surface area contributed by atoms with Crippen LogP contribution < -0.4 is 5.32 Å². The summed E-state index contributed by atoms with van der Waals surface area (Å²) in [5.41, 5.74) is 1.13. The Morgan fingerprint density at radius 1 is 1.40 bits per heavy atom. The number of nitrogens with one attached hydrogen (secondary N) is 1. The van der Waals surface area contributed by atoms with Gasteiger partial charge in [-0.2, -0.15) is 0 Å². The molecule has 0 saturated carbocycles. The van der Waals surface area contributed by atoms with E-state index in [0.717, 1.165) is 36.3 Å². The third kappa shape index (κ3) is 4.45. The molecule has 1 aromatic carbocycles. The maximum absolute atomic E-state index is 10.8. The van der Waals surface area contributed by atoms with Gasteiger partial charge < -0.3 is 10.1 Å². The number of rotatable bonds is 6. The van der Waals surface area contributed by atoms with Crippen LogP contribution in [0.1, 0.15) is 18.9 Å². The molecule has 1 atom stereocenters. The molecule has 0 saturated heterocycles.